The first kappa shape index (κ1) is 19.2. The van der Waals surface area contributed by atoms with Gasteiger partial charge in [-0.05, 0) is 35.9 Å². The number of nitrogens with two attached hydrogens (primary N) is 1. The number of hydrogen-bond acceptors (Lipinski definition) is 4. The van der Waals surface area contributed by atoms with E-state index < -0.39 is 5.91 Å². The minimum atomic E-state index is -0.501. The minimum Gasteiger partial charge on any atom is -0.457 e. The van der Waals surface area contributed by atoms with Gasteiger partial charge in [-0.2, -0.15) is 0 Å². The van der Waals surface area contributed by atoms with Crippen molar-refractivity contribution in [2.45, 2.75) is 13.0 Å². The second-order valence-corrected chi connectivity index (χ2v) is 8.21. The first-order valence-electron chi connectivity index (χ1n) is 9.41. The summed E-state index contributed by atoms with van der Waals surface area (Å²) in [6.07, 6.45) is 0.784. The van der Waals surface area contributed by atoms with Crippen molar-refractivity contribution in [3.63, 3.8) is 0 Å². The molecule has 148 valence electrons. The summed E-state index contributed by atoms with van der Waals surface area (Å²) in [5.74, 6) is 0.456. The molecule has 4 N–H and O–H groups in total. The summed E-state index contributed by atoms with van der Waals surface area (Å²) in [5.41, 5.74) is 7.50. The molecule has 1 atom stereocenters. The molecule has 0 saturated carbocycles. The van der Waals surface area contributed by atoms with Crippen LogP contribution >= 0.6 is 11.3 Å². The zero-order valence-corrected chi connectivity index (χ0v) is 16.8. The summed E-state index contributed by atoms with van der Waals surface area (Å²) in [5, 5.41) is 3.41. The molecule has 0 saturated heterocycles. The summed E-state index contributed by atoms with van der Waals surface area (Å²) in [4.78, 5) is 27.4. The van der Waals surface area contributed by atoms with E-state index in [0.717, 1.165) is 30.0 Å². The molecule has 1 aromatic heterocycles. The molecule has 6 nitrogen and oxygen atoms in total. The van der Waals surface area contributed by atoms with Gasteiger partial charge < -0.3 is 20.7 Å². The van der Waals surface area contributed by atoms with Gasteiger partial charge in [0, 0.05) is 12.0 Å². The summed E-state index contributed by atoms with van der Waals surface area (Å²) >= 11 is 1.44. The lowest BCUT2D eigenvalue weighted by Crippen LogP contribution is -3.08. The number of likely N-dealkylation sites (N-methyl/N-ethyl adjacent to an activating group) is 1. The molecule has 0 fully saturated rings. The van der Waals surface area contributed by atoms with Crippen LogP contribution in [0.5, 0.6) is 11.5 Å². The van der Waals surface area contributed by atoms with Crippen molar-refractivity contribution >= 4 is 28.2 Å². The highest BCUT2D eigenvalue weighted by Gasteiger charge is 2.28. The van der Waals surface area contributed by atoms with Crippen molar-refractivity contribution in [3.8, 4) is 11.5 Å². The second-order valence-electron chi connectivity index (χ2n) is 7.10. The van der Waals surface area contributed by atoms with Gasteiger partial charge in [0.2, 0.25) is 0 Å². The fraction of sp³-hybridized carbons (Fsp3) is 0.182. The molecule has 0 spiro atoms. The summed E-state index contributed by atoms with van der Waals surface area (Å²) in [6.45, 7) is 1.77. The first-order chi connectivity index (χ1) is 14.0. The number of ether oxygens (including phenoxy) is 1. The van der Waals surface area contributed by atoms with Gasteiger partial charge in [0.1, 0.15) is 23.0 Å². The monoisotopic (exact) mass is 408 g/mol. The van der Waals surface area contributed by atoms with Crippen molar-refractivity contribution in [3.05, 3.63) is 76.2 Å². The Bertz CT molecular complexity index is 1060. The molecule has 4 rings (SSSR count). The molecule has 2 amide bonds. The molecule has 29 heavy (non-hydrogen) atoms. The summed E-state index contributed by atoms with van der Waals surface area (Å²) < 4.78 is 5.81. The summed E-state index contributed by atoms with van der Waals surface area (Å²) in [7, 11) is 2.11. The molecule has 0 radical (unpaired) electrons. The van der Waals surface area contributed by atoms with Gasteiger partial charge in [0.25, 0.3) is 11.8 Å². The van der Waals surface area contributed by atoms with E-state index >= 15 is 0 Å². The van der Waals surface area contributed by atoms with E-state index in [1.165, 1.54) is 16.2 Å². The number of benzene rings is 2. The largest absolute Gasteiger partial charge is 0.457 e. The van der Waals surface area contributed by atoms with E-state index in [9.17, 15) is 9.59 Å². The lowest BCUT2D eigenvalue weighted by molar-refractivity contribution is -0.895. The van der Waals surface area contributed by atoms with Crippen molar-refractivity contribution in [1.29, 1.82) is 0 Å². The molecule has 1 aliphatic heterocycles. The molecule has 7 heteroatoms. The van der Waals surface area contributed by atoms with Crippen LogP contribution in [0.3, 0.4) is 0 Å². The molecule has 2 heterocycles. The number of thiophene rings is 1. The number of rotatable bonds is 5. The van der Waals surface area contributed by atoms with Crippen LogP contribution in [-0.2, 0) is 13.0 Å². The fourth-order valence-corrected chi connectivity index (χ4v) is 4.83. The predicted octanol–water partition coefficient (Wildman–Crippen LogP) is 2.46. The third-order valence-electron chi connectivity index (χ3n) is 4.90. The molecular weight excluding hydrogens is 386 g/mol. The maximum atomic E-state index is 12.9. The molecule has 3 aromatic rings. The fourth-order valence-electron chi connectivity index (χ4n) is 3.47. The Morgan fingerprint density at radius 1 is 1.10 bits per heavy atom. The maximum Gasteiger partial charge on any atom is 0.256 e. The quantitative estimate of drug-likeness (QED) is 0.606. The SMILES string of the molecule is C[NH+]1CCc2c(sc(NC(=O)c3cccc(Oc4ccccc4)c3)c2C(N)=O)C1. The van der Waals surface area contributed by atoms with E-state index in [-0.39, 0.29) is 5.91 Å². The van der Waals surface area contributed by atoms with Crippen molar-refractivity contribution in [2.75, 3.05) is 18.9 Å². The third-order valence-corrected chi connectivity index (χ3v) is 6.05. The van der Waals surface area contributed by atoms with Crippen LogP contribution in [0.4, 0.5) is 5.00 Å². The van der Waals surface area contributed by atoms with Gasteiger partial charge in [-0.1, -0.05) is 24.3 Å². The van der Waals surface area contributed by atoms with Crippen molar-refractivity contribution in [1.82, 2.24) is 0 Å². The number of hydrogen-bond donors (Lipinski definition) is 3. The first-order valence-corrected chi connectivity index (χ1v) is 10.2. The van der Waals surface area contributed by atoms with Gasteiger partial charge >= 0.3 is 0 Å². The molecular formula is C22H22N3O3S+. The Balaban J connectivity index is 1.57. The number of nitrogens with one attached hydrogen (secondary N) is 2. The predicted molar refractivity (Wildman–Crippen MR) is 113 cm³/mol. The number of fused-ring (bicyclic) bond motifs is 1. The number of quaternary nitrogens is 1. The lowest BCUT2D eigenvalue weighted by atomic mass is 10.0. The molecule has 1 aliphatic rings. The minimum absolute atomic E-state index is 0.301. The maximum absolute atomic E-state index is 12.9. The lowest BCUT2D eigenvalue weighted by Gasteiger charge is -2.19. The topological polar surface area (TPSA) is 85.9 Å². The van der Waals surface area contributed by atoms with Gasteiger partial charge in [0.05, 0.1) is 24.0 Å². The van der Waals surface area contributed by atoms with Crippen LogP contribution in [-0.4, -0.2) is 25.4 Å². The number of carbonyl (C=O) groups is 2. The van der Waals surface area contributed by atoms with Gasteiger partial charge in [-0.15, -0.1) is 11.3 Å². The molecule has 1 unspecified atom stereocenters. The van der Waals surface area contributed by atoms with Gasteiger partial charge in [-0.25, -0.2) is 0 Å². The van der Waals surface area contributed by atoms with E-state index in [4.69, 9.17) is 10.5 Å². The third kappa shape index (κ3) is 4.16. The van der Waals surface area contributed by atoms with Crippen LogP contribution in [0, 0.1) is 0 Å². The smallest absolute Gasteiger partial charge is 0.256 e. The van der Waals surface area contributed by atoms with Crippen LogP contribution in [0.25, 0.3) is 0 Å². The Morgan fingerprint density at radius 3 is 2.62 bits per heavy atom. The highest BCUT2D eigenvalue weighted by Crippen LogP contribution is 2.35. The van der Waals surface area contributed by atoms with Crippen molar-refractivity contribution < 1.29 is 19.2 Å². The number of para-hydroxylation sites is 1. The Labute approximate surface area is 172 Å². The average Bonchev–Trinajstić information content (AvgIpc) is 3.06. The zero-order chi connectivity index (χ0) is 20.4. The standard InChI is InChI=1S/C22H21N3O3S/c1-25-11-10-17-18(13-25)29-22(19(17)20(23)26)24-21(27)14-6-5-9-16(12-14)28-15-7-3-2-4-8-15/h2-9,12H,10-11,13H2,1H3,(H2,23,26)(H,24,27)/p+1. The Hall–Kier alpha value is -3.16. The average molecular weight is 409 g/mol. The van der Waals surface area contributed by atoms with Gasteiger partial charge in [-0.3, -0.25) is 9.59 Å². The van der Waals surface area contributed by atoms with E-state index in [0.29, 0.717) is 27.6 Å². The van der Waals surface area contributed by atoms with Crippen LogP contribution < -0.4 is 20.7 Å². The summed E-state index contributed by atoms with van der Waals surface area (Å²) in [6, 6.07) is 16.3. The highest BCUT2D eigenvalue weighted by atomic mass is 32.1. The van der Waals surface area contributed by atoms with Gasteiger partial charge in [0.15, 0.2) is 0 Å². The number of primary amides is 1. The second kappa shape index (κ2) is 8.06. The molecule has 0 aliphatic carbocycles. The zero-order valence-electron chi connectivity index (χ0n) is 16.0. The van der Waals surface area contributed by atoms with E-state index in [2.05, 4.69) is 12.4 Å². The Kier molecular flexibility index (Phi) is 5.33. The van der Waals surface area contributed by atoms with Crippen molar-refractivity contribution in [2.24, 2.45) is 5.73 Å². The normalized spacial score (nSPS) is 15.4. The molecule has 2 aromatic carbocycles. The van der Waals surface area contributed by atoms with Crippen LogP contribution in [0.15, 0.2) is 54.6 Å². The molecule has 0 bridgehead atoms. The number of carbonyl (C=O) groups excluding carboxylic acids is 2. The van der Waals surface area contributed by atoms with E-state index in [1.807, 2.05) is 30.3 Å². The van der Waals surface area contributed by atoms with Crippen LogP contribution in [0.1, 0.15) is 31.2 Å². The number of anilines is 1. The Morgan fingerprint density at radius 2 is 1.86 bits per heavy atom. The van der Waals surface area contributed by atoms with E-state index in [1.54, 1.807) is 24.3 Å². The highest BCUT2D eigenvalue weighted by molar-refractivity contribution is 7.17. The van der Waals surface area contributed by atoms with Crippen LogP contribution in [0.2, 0.25) is 0 Å². The number of amides is 2.